The fourth-order valence-electron chi connectivity index (χ4n) is 2.53. The van der Waals surface area contributed by atoms with E-state index in [0.29, 0.717) is 0 Å². The van der Waals surface area contributed by atoms with Gasteiger partial charge in [0.25, 0.3) is 5.91 Å². The predicted octanol–water partition coefficient (Wildman–Crippen LogP) is 2.08. The van der Waals surface area contributed by atoms with E-state index in [2.05, 4.69) is 21.5 Å². The quantitative estimate of drug-likeness (QED) is 0.407. The molecule has 7 nitrogen and oxygen atoms in total. The first kappa shape index (κ1) is 21.7. The Kier molecular flexibility index (Phi) is 8.44. The average Bonchev–Trinajstić information content (AvgIpc) is 2.71. The van der Waals surface area contributed by atoms with Crippen LogP contribution in [0.3, 0.4) is 0 Å². The molecule has 0 aliphatic rings. The van der Waals surface area contributed by atoms with E-state index < -0.39 is 5.91 Å². The minimum atomic E-state index is -0.391. The van der Waals surface area contributed by atoms with Crippen LogP contribution in [0.5, 0.6) is 0 Å². The van der Waals surface area contributed by atoms with Crippen molar-refractivity contribution in [3.05, 3.63) is 71.3 Å². The van der Waals surface area contributed by atoms with Gasteiger partial charge in [0.05, 0.1) is 6.54 Å². The molecule has 0 unspecified atom stereocenters. The molecule has 152 valence electrons. The maximum atomic E-state index is 11.8. The Hall–Kier alpha value is -3.61. The van der Waals surface area contributed by atoms with Crippen molar-refractivity contribution in [2.24, 2.45) is 0 Å². The van der Waals surface area contributed by atoms with Crippen LogP contribution in [-0.2, 0) is 14.4 Å². The van der Waals surface area contributed by atoms with Crippen LogP contribution in [-0.4, -0.2) is 30.8 Å². The number of nitrogens with one attached hydrogen (secondary N) is 4. The Morgan fingerprint density at radius 3 is 2.38 bits per heavy atom. The topological polar surface area (TPSA) is 99.3 Å². The summed E-state index contributed by atoms with van der Waals surface area (Å²) in [6, 6.07) is 15.3. The SMILES string of the molecule is Cc1ccc(NCC(=O)NNC(=O)CCNC(=O)/C=C/c2ccccc2)c(C)c1. The molecule has 0 aliphatic carbocycles. The van der Waals surface area contributed by atoms with Gasteiger partial charge in [0.2, 0.25) is 11.8 Å². The largest absolute Gasteiger partial charge is 0.376 e. The van der Waals surface area contributed by atoms with Crippen molar-refractivity contribution < 1.29 is 14.4 Å². The van der Waals surface area contributed by atoms with E-state index in [4.69, 9.17) is 0 Å². The number of carbonyl (C=O) groups excluding carboxylic acids is 3. The number of hydrazine groups is 1. The summed E-state index contributed by atoms with van der Waals surface area (Å²) >= 11 is 0. The predicted molar refractivity (Wildman–Crippen MR) is 114 cm³/mol. The van der Waals surface area contributed by atoms with E-state index >= 15 is 0 Å². The second-order valence-corrected chi connectivity index (χ2v) is 6.55. The molecule has 3 amide bonds. The molecule has 0 aliphatic heterocycles. The number of carbonyl (C=O) groups is 3. The van der Waals surface area contributed by atoms with Gasteiger partial charge in [-0.15, -0.1) is 0 Å². The molecule has 0 saturated heterocycles. The van der Waals surface area contributed by atoms with Gasteiger partial charge in [-0.2, -0.15) is 0 Å². The van der Waals surface area contributed by atoms with Gasteiger partial charge in [-0.25, -0.2) is 0 Å². The van der Waals surface area contributed by atoms with Gasteiger partial charge in [-0.1, -0.05) is 48.0 Å². The average molecular weight is 394 g/mol. The standard InChI is InChI=1S/C22H26N4O3/c1-16-8-10-19(17(2)14-16)24-15-22(29)26-25-21(28)12-13-23-20(27)11-9-18-6-4-3-5-7-18/h3-11,14,24H,12-13,15H2,1-2H3,(H,23,27)(H,25,28)(H,26,29)/b11-9+. The number of benzene rings is 2. The first-order valence-electron chi connectivity index (χ1n) is 9.34. The van der Waals surface area contributed by atoms with Crippen LogP contribution in [0.4, 0.5) is 5.69 Å². The van der Waals surface area contributed by atoms with Crippen molar-refractivity contribution in [3.8, 4) is 0 Å². The highest BCUT2D eigenvalue weighted by Gasteiger charge is 2.06. The second-order valence-electron chi connectivity index (χ2n) is 6.55. The number of rotatable bonds is 8. The second kappa shape index (κ2) is 11.3. The van der Waals surface area contributed by atoms with E-state index in [9.17, 15) is 14.4 Å². The lowest BCUT2D eigenvalue weighted by Gasteiger charge is -2.11. The molecule has 0 fully saturated rings. The fraction of sp³-hybridized carbons (Fsp3) is 0.227. The molecule has 2 aromatic carbocycles. The Balaban J connectivity index is 1.60. The molecule has 4 N–H and O–H groups in total. The van der Waals surface area contributed by atoms with E-state index in [1.54, 1.807) is 6.08 Å². The van der Waals surface area contributed by atoms with Gasteiger partial charge in [0.15, 0.2) is 0 Å². The Bertz CT molecular complexity index is 879. The number of anilines is 1. The lowest BCUT2D eigenvalue weighted by molar-refractivity contribution is -0.128. The highest BCUT2D eigenvalue weighted by atomic mass is 16.2. The van der Waals surface area contributed by atoms with Crippen LogP contribution in [0.2, 0.25) is 0 Å². The first-order chi connectivity index (χ1) is 13.9. The van der Waals surface area contributed by atoms with Crippen molar-refractivity contribution in [1.82, 2.24) is 16.2 Å². The van der Waals surface area contributed by atoms with Crippen molar-refractivity contribution in [1.29, 1.82) is 0 Å². The van der Waals surface area contributed by atoms with Crippen molar-refractivity contribution in [2.45, 2.75) is 20.3 Å². The molecule has 0 heterocycles. The molecule has 0 radical (unpaired) electrons. The third-order valence-electron chi connectivity index (χ3n) is 4.04. The van der Waals surface area contributed by atoms with E-state index in [1.807, 2.05) is 62.4 Å². The first-order valence-corrected chi connectivity index (χ1v) is 9.34. The molecular formula is C22H26N4O3. The van der Waals surface area contributed by atoms with Gasteiger partial charge in [-0.3, -0.25) is 25.2 Å². The van der Waals surface area contributed by atoms with Gasteiger partial charge < -0.3 is 10.6 Å². The molecule has 2 aromatic rings. The van der Waals surface area contributed by atoms with Crippen LogP contribution in [0.25, 0.3) is 6.08 Å². The minimum absolute atomic E-state index is 0.0329. The van der Waals surface area contributed by atoms with Crippen LogP contribution >= 0.6 is 0 Å². The molecule has 7 heteroatoms. The molecule has 0 spiro atoms. The van der Waals surface area contributed by atoms with Crippen LogP contribution in [0.1, 0.15) is 23.1 Å². The molecular weight excluding hydrogens is 368 g/mol. The fourth-order valence-corrected chi connectivity index (χ4v) is 2.53. The normalized spacial score (nSPS) is 10.4. The third kappa shape index (κ3) is 8.30. The van der Waals surface area contributed by atoms with Crippen molar-refractivity contribution >= 4 is 29.5 Å². The maximum Gasteiger partial charge on any atom is 0.257 e. The summed E-state index contributed by atoms with van der Waals surface area (Å²) in [5.41, 5.74) is 8.63. The zero-order chi connectivity index (χ0) is 21.1. The third-order valence-corrected chi connectivity index (χ3v) is 4.04. The van der Waals surface area contributed by atoms with Gasteiger partial charge in [0.1, 0.15) is 0 Å². The van der Waals surface area contributed by atoms with Crippen LogP contribution in [0, 0.1) is 13.8 Å². The molecule has 29 heavy (non-hydrogen) atoms. The summed E-state index contributed by atoms with van der Waals surface area (Å²) in [4.78, 5) is 35.3. The summed E-state index contributed by atoms with van der Waals surface area (Å²) in [5, 5.41) is 5.64. The monoisotopic (exact) mass is 394 g/mol. The molecule has 0 bridgehead atoms. The highest BCUT2D eigenvalue weighted by Crippen LogP contribution is 2.15. The molecule has 0 atom stereocenters. The molecule has 2 rings (SSSR count). The van der Waals surface area contributed by atoms with Crippen LogP contribution in [0.15, 0.2) is 54.6 Å². The Morgan fingerprint density at radius 2 is 1.66 bits per heavy atom. The zero-order valence-electron chi connectivity index (χ0n) is 16.6. The van der Waals surface area contributed by atoms with Gasteiger partial charge in [-0.05, 0) is 37.1 Å². The summed E-state index contributed by atoms with van der Waals surface area (Å²) in [6.45, 7) is 4.16. The highest BCUT2D eigenvalue weighted by molar-refractivity contribution is 5.92. The smallest absolute Gasteiger partial charge is 0.257 e. The minimum Gasteiger partial charge on any atom is -0.376 e. The summed E-state index contributed by atoms with van der Waals surface area (Å²) in [7, 11) is 0. The number of hydrogen-bond donors (Lipinski definition) is 4. The van der Waals surface area contributed by atoms with Gasteiger partial charge >= 0.3 is 0 Å². The number of aryl methyl sites for hydroxylation is 2. The lowest BCUT2D eigenvalue weighted by atomic mass is 10.1. The summed E-state index contributed by atoms with van der Waals surface area (Å²) < 4.78 is 0. The molecule has 0 saturated carbocycles. The number of amides is 3. The maximum absolute atomic E-state index is 11.8. The zero-order valence-corrected chi connectivity index (χ0v) is 16.6. The van der Waals surface area contributed by atoms with E-state index in [-0.39, 0.29) is 31.3 Å². The Labute approximate surface area is 170 Å². The van der Waals surface area contributed by atoms with Crippen LogP contribution < -0.4 is 21.5 Å². The van der Waals surface area contributed by atoms with Crippen molar-refractivity contribution in [3.63, 3.8) is 0 Å². The lowest BCUT2D eigenvalue weighted by Crippen LogP contribution is -2.45. The van der Waals surface area contributed by atoms with E-state index in [0.717, 1.165) is 22.4 Å². The molecule has 0 aromatic heterocycles. The number of hydrogen-bond acceptors (Lipinski definition) is 4. The van der Waals surface area contributed by atoms with Crippen molar-refractivity contribution in [2.75, 3.05) is 18.4 Å². The summed E-state index contributed by atoms with van der Waals surface area (Å²) in [5.74, 6) is -1.05. The van der Waals surface area contributed by atoms with E-state index in [1.165, 1.54) is 6.08 Å². The van der Waals surface area contributed by atoms with Gasteiger partial charge in [0, 0.05) is 24.7 Å². The Morgan fingerprint density at radius 1 is 0.931 bits per heavy atom. The summed E-state index contributed by atoms with van der Waals surface area (Å²) in [6.07, 6.45) is 3.15.